The molecule has 0 radical (unpaired) electrons. The van der Waals surface area contributed by atoms with Gasteiger partial charge in [-0.3, -0.25) is 9.78 Å². The lowest BCUT2D eigenvalue weighted by Crippen LogP contribution is -2.40. The first-order valence-electron chi connectivity index (χ1n) is 7.35. The van der Waals surface area contributed by atoms with Crippen molar-refractivity contribution in [3.63, 3.8) is 0 Å². The number of aryl methyl sites for hydroxylation is 1. The summed E-state index contributed by atoms with van der Waals surface area (Å²) >= 11 is 4.93. The smallest absolute Gasteiger partial charge is 0.365 e. The number of hydrogen-bond donors (Lipinski definition) is 2. The summed E-state index contributed by atoms with van der Waals surface area (Å²) in [5.74, 6) is -1.57. The van der Waals surface area contributed by atoms with Crippen LogP contribution in [0.15, 0.2) is 42.6 Å². The number of alkyl halides is 3. The maximum atomic E-state index is 13.0. The Morgan fingerprint density at radius 1 is 1.24 bits per heavy atom. The van der Waals surface area contributed by atoms with Crippen LogP contribution in [0.3, 0.4) is 0 Å². The minimum atomic E-state index is -4.52. The maximum Gasteiger partial charge on any atom is 0.416 e. The summed E-state index contributed by atoms with van der Waals surface area (Å²) in [5.41, 5.74) is 0.462. The molecule has 1 aromatic carbocycles. The Kier molecular flexibility index (Phi) is 5.73. The number of hydrogen-bond acceptors (Lipinski definition) is 3. The summed E-state index contributed by atoms with van der Waals surface area (Å²) < 4.78 is 39.1. The van der Waals surface area contributed by atoms with Crippen LogP contribution >= 0.6 is 12.2 Å². The van der Waals surface area contributed by atoms with E-state index in [1.807, 2.05) is 0 Å². The van der Waals surface area contributed by atoms with Crippen molar-refractivity contribution in [3.8, 4) is 0 Å². The van der Waals surface area contributed by atoms with Crippen LogP contribution < -0.4 is 10.6 Å². The van der Waals surface area contributed by atoms with Gasteiger partial charge in [0, 0.05) is 13.2 Å². The Morgan fingerprint density at radius 3 is 2.52 bits per heavy atom. The fourth-order valence-corrected chi connectivity index (χ4v) is 2.48. The summed E-state index contributed by atoms with van der Waals surface area (Å²) in [6, 6.07) is 8.72. The molecule has 0 aliphatic carbocycles. The molecule has 1 heterocycles. The summed E-state index contributed by atoms with van der Waals surface area (Å²) in [6.07, 6.45) is -3.47. The predicted molar refractivity (Wildman–Crippen MR) is 92.1 cm³/mol. The van der Waals surface area contributed by atoms with Crippen LogP contribution in [0.1, 0.15) is 28.3 Å². The molecule has 2 N–H and O–H groups in total. The van der Waals surface area contributed by atoms with Gasteiger partial charge in [0.25, 0.3) is 0 Å². The first-order chi connectivity index (χ1) is 11.7. The van der Waals surface area contributed by atoms with Crippen LogP contribution in [0, 0.1) is 6.92 Å². The monoisotopic (exact) mass is 367 g/mol. The molecule has 1 atom stereocenters. The molecule has 4 nitrogen and oxygen atoms in total. The van der Waals surface area contributed by atoms with E-state index in [0.29, 0.717) is 5.56 Å². The Labute approximate surface area is 148 Å². The van der Waals surface area contributed by atoms with Crippen LogP contribution in [-0.4, -0.2) is 23.1 Å². The number of nitrogens with one attached hydrogen (secondary N) is 2. The van der Waals surface area contributed by atoms with Crippen molar-refractivity contribution in [2.45, 2.75) is 19.0 Å². The number of halogens is 3. The van der Waals surface area contributed by atoms with Gasteiger partial charge in [-0.05, 0) is 42.4 Å². The SMILES string of the molecule is CNC(=S)NC(=O)C(c1cc(C(F)(F)F)ccn1)c1ccccc1C. The quantitative estimate of drug-likeness (QED) is 0.819. The van der Waals surface area contributed by atoms with E-state index in [-0.39, 0.29) is 10.8 Å². The number of rotatable bonds is 3. The zero-order chi connectivity index (χ0) is 18.6. The topological polar surface area (TPSA) is 54.0 Å². The van der Waals surface area contributed by atoms with Crippen molar-refractivity contribution in [2.75, 3.05) is 7.05 Å². The summed E-state index contributed by atoms with van der Waals surface area (Å²) in [4.78, 5) is 16.7. The van der Waals surface area contributed by atoms with Crippen LogP contribution in [0.25, 0.3) is 0 Å². The number of nitrogens with zero attached hydrogens (tertiary/aromatic N) is 1. The highest BCUT2D eigenvalue weighted by atomic mass is 32.1. The molecular formula is C17H16F3N3OS. The molecular weight excluding hydrogens is 351 g/mol. The minimum absolute atomic E-state index is 0.000489. The molecule has 0 aliphatic rings. The zero-order valence-corrected chi connectivity index (χ0v) is 14.3. The van der Waals surface area contributed by atoms with E-state index in [1.165, 1.54) is 7.05 Å². The summed E-state index contributed by atoms with van der Waals surface area (Å²) in [7, 11) is 1.54. The predicted octanol–water partition coefficient (Wildman–Crippen LogP) is 3.16. The number of pyridine rings is 1. The molecule has 0 saturated heterocycles. The second-order valence-corrected chi connectivity index (χ2v) is 5.73. The third-order valence-electron chi connectivity index (χ3n) is 3.63. The number of amides is 1. The molecule has 0 spiro atoms. The van der Waals surface area contributed by atoms with Crippen LogP contribution in [0.5, 0.6) is 0 Å². The highest BCUT2D eigenvalue weighted by molar-refractivity contribution is 7.80. The Hall–Kier alpha value is -2.48. The fourth-order valence-electron chi connectivity index (χ4n) is 2.37. The molecule has 0 fully saturated rings. The van der Waals surface area contributed by atoms with Gasteiger partial charge in [-0.1, -0.05) is 24.3 Å². The van der Waals surface area contributed by atoms with Crippen molar-refractivity contribution in [3.05, 3.63) is 65.0 Å². The van der Waals surface area contributed by atoms with Crippen LogP contribution in [-0.2, 0) is 11.0 Å². The molecule has 132 valence electrons. The van der Waals surface area contributed by atoms with Gasteiger partial charge in [-0.2, -0.15) is 13.2 Å². The molecule has 8 heteroatoms. The Morgan fingerprint density at radius 2 is 1.92 bits per heavy atom. The maximum absolute atomic E-state index is 13.0. The average molecular weight is 367 g/mol. The number of thiocarbonyl (C=S) groups is 1. The first-order valence-corrected chi connectivity index (χ1v) is 7.76. The van der Waals surface area contributed by atoms with Crippen molar-refractivity contribution in [1.29, 1.82) is 0 Å². The van der Waals surface area contributed by atoms with Crippen molar-refractivity contribution in [1.82, 2.24) is 15.6 Å². The van der Waals surface area contributed by atoms with Gasteiger partial charge >= 0.3 is 6.18 Å². The molecule has 0 aliphatic heterocycles. The molecule has 1 unspecified atom stereocenters. The lowest BCUT2D eigenvalue weighted by molar-refractivity contribution is -0.137. The third kappa shape index (κ3) is 4.54. The summed E-state index contributed by atoms with van der Waals surface area (Å²) in [5, 5.41) is 5.15. The zero-order valence-electron chi connectivity index (χ0n) is 13.5. The van der Waals surface area contributed by atoms with Crippen LogP contribution in [0.4, 0.5) is 13.2 Å². The lowest BCUT2D eigenvalue weighted by Gasteiger charge is -2.20. The van der Waals surface area contributed by atoms with Gasteiger partial charge in [0.05, 0.1) is 11.3 Å². The molecule has 0 bridgehead atoms. The van der Waals surface area contributed by atoms with Gasteiger partial charge in [-0.15, -0.1) is 0 Å². The van der Waals surface area contributed by atoms with E-state index in [0.717, 1.165) is 23.9 Å². The Balaban J connectivity index is 2.54. The minimum Gasteiger partial charge on any atom is -0.365 e. The van der Waals surface area contributed by atoms with E-state index < -0.39 is 23.6 Å². The first kappa shape index (κ1) is 18.9. The van der Waals surface area contributed by atoms with Gasteiger partial charge in [-0.25, -0.2) is 0 Å². The van der Waals surface area contributed by atoms with Crippen LogP contribution in [0.2, 0.25) is 0 Å². The third-order valence-corrected chi connectivity index (χ3v) is 3.94. The Bertz CT molecular complexity index is 793. The molecule has 2 rings (SSSR count). The second kappa shape index (κ2) is 7.60. The molecule has 2 aromatic rings. The van der Waals surface area contributed by atoms with E-state index in [2.05, 4.69) is 15.6 Å². The average Bonchev–Trinajstić information content (AvgIpc) is 2.56. The van der Waals surface area contributed by atoms with Crippen molar-refractivity contribution in [2.24, 2.45) is 0 Å². The lowest BCUT2D eigenvalue weighted by atomic mass is 9.90. The standard InChI is InChI=1S/C17H16F3N3OS/c1-10-5-3-4-6-12(10)14(15(24)23-16(25)21-2)13-9-11(7-8-22-13)17(18,19)20/h3-9,14H,1-2H3,(H2,21,23,24,25). The second-order valence-electron chi connectivity index (χ2n) is 5.33. The number of carbonyl (C=O) groups excluding carboxylic acids is 1. The molecule has 1 aromatic heterocycles. The van der Waals surface area contributed by atoms with Gasteiger partial charge < -0.3 is 10.6 Å². The van der Waals surface area contributed by atoms with E-state index in [1.54, 1.807) is 31.2 Å². The number of carbonyl (C=O) groups is 1. The highest BCUT2D eigenvalue weighted by Gasteiger charge is 2.33. The number of benzene rings is 1. The van der Waals surface area contributed by atoms with E-state index >= 15 is 0 Å². The summed E-state index contributed by atoms with van der Waals surface area (Å²) in [6.45, 7) is 1.78. The number of aromatic nitrogens is 1. The van der Waals surface area contributed by atoms with Gasteiger partial charge in [0.1, 0.15) is 5.92 Å². The normalized spacial score (nSPS) is 12.4. The van der Waals surface area contributed by atoms with Gasteiger partial charge in [0.2, 0.25) is 5.91 Å². The molecule has 25 heavy (non-hydrogen) atoms. The largest absolute Gasteiger partial charge is 0.416 e. The highest BCUT2D eigenvalue weighted by Crippen LogP contribution is 2.32. The van der Waals surface area contributed by atoms with Gasteiger partial charge in [0.15, 0.2) is 5.11 Å². The van der Waals surface area contributed by atoms with Crippen molar-refractivity contribution >= 4 is 23.2 Å². The van der Waals surface area contributed by atoms with E-state index in [4.69, 9.17) is 12.2 Å². The fraction of sp³-hybridized carbons (Fsp3) is 0.235. The van der Waals surface area contributed by atoms with E-state index in [9.17, 15) is 18.0 Å². The molecule has 0 saturated carbocycles. The van der Waals surface area contributed by atoms with Crippen molar-refractivity contribution < 1.29 is 18.0 Å². The molecule has 1 amide bonds.